The van der Waals surface area contributed by atoms with Gasteiger partial charge in [0.1, 0.15) is 0 Å². The molecule has 0 aromatic heterocycles. The van der Waals surface area contributed by atoms with Gasteiger partial charge in [0.05, 0.1) is 13.0 Å². The SMILES string of the molecule is CNC(=O)Cc1ccc(C[C@@H]2CC(=O)N(CCOC)C2)cc1. The number of carbonyl (C=O) groups is 2. The molecule has 22 heavy (non-hydrogen) atoms. The molecule has 1 heterocycles. The van der Waals surface area contributed by atoms with E-state index in [0.29, 0.717) is 31.9 Å². The summed E-state index contributed by atoms with van der Waals surface area (Å²) in [6, 6.07) is 8.09. The number of likely N-dealkylation sites (tertiary alicyclic amines) is 1. The number of amides is 2. The number of likely N-dealkylation sites (N-methyl/N-ethyl adjacent to an activating group) is 1. The highest BCUT2D eigenvalue weighted by molar-refractivity contribution is 5.79. The fourth-order valence-corrected chi connectivity index (χ4v) is 2.81. The van der Waals surface area contributed by atoms with Crippen LogP contribution in [0.15, 0.2) is 24.3 Å². The summed E-state index contributed by atoms with van der Waals surface area (Å²) in [6.45, 7) is 2.08. The second-order valence-electron chi connectivity index (χ2n) is 5.77. The zero-order chi connectivity index (χ0) is 15.9. The lowest BCUT2D eigenvalue weighted by Crippen LogP contribution is -2.28. The smallest absolute Gasteiger partial charge is 0.224 e. The standard InChI is InChI=1S/C17H24N2O3/c1-18-16(20)10-14-5-3-13(4-6-14)9-15-11-17(21)19(12-15)7-8-22-2/h3-6,15H,7-12H2,1-2H3,(H,18,20)/t15-/m1/s1. The number of benzene rings is 1. The number of carbonyl (C=O) groups excluding carboxylic acids is 2. The molecule has 1 aromatic rings. The molecule has 2 amide bonds. The van der Waals surface area contributed by atoms with Crippen molar-refractivity contribution in [3.8, 4) is 0 Å². The van der Waals surface area contributed by atoms with Gasteiger partial charge in [-0.3, -0.25) is 9.59 Å². The van der Waals surface area contributed by atoms with Gasteiger partial charge in [0.2, 0.25) is 11.8 Å². The minimum Gasteiger partial charge on any atom is -0.383 e. The first-order valence-corrected chi connectivity index (χ1v) is 7.67. The van der Waals surface area contributed by atoms with Gasteiger partial charge in [0, 0.05) is 33.7 Å². The quantitative estimate of drug-likeness (QED) is 0.818. The molecule has 1 atom stereocenters. The van der Waals surface area contributed by atoms with E-state index in [-0.39, 0.29) is 11.8 Å². The molecule has 1 saturated heterocycles. The fourth-order valence-electron chi connectivity index (χ4n) is 2.81. The predicted octanol–water partition coefficient (Wildman–Crippen LogP) is 1.01. The number of hydrogen-bond acceptors (Lipinski definition) is 3. The Labute approximate surface area is 131 Å². The van der Waals surface area contributed by atoms with Crippen molar-refractivity contribution in [1.82, 2.24) is 10.2 Å². The van der Waals surface area contributed by atoms with Crippen LogP contribution in [0, 0.1) is 5.92 Å². The first-order chi connectivity index (χ1) is 10.6. The second kappa shape index (κ2) is 7.94. The van der Waals surface area contributed by atoms with Crippen molar-refractivity contribution < 1.29 is 14.3 Å². The molecule has 1 aliphatic heterocycles. The zero-order valence-electron chi connectivity index (χ0n) is 13.3. The Bertz CT molecular complexity index is 513. The van der Waals surface area contributed by atoms with Crippen molar-refractivity contribution in [3.63, 3.8) is 0 Å². The summed E-state index contributed by atoms with van der Waals surface area (Å²) in [7, 11) is 3.29. The molecule has 5 heteroatoms. The monoisotopic (exact) mass is 304 g/mol. The number of hydrogen-bond donors (Lipinski definition) is 1. The lowest BCUT2D eigenvalue weighted by atomic mass is 9.97. The predicted molar refractivity (Wildman–Crippen MR) is 84.5 cm³/mol. The highest BCUT2D eigenvalue weighted by atomic mass is 16.5. The maximum atomic E-state index is 11.9. The van der Waals surface area contributed by atoms with Crippen molar-refractivity contribution in [2.75, 3.05) is 33.9 Å². The normalized spacial score (nSPS) is 17.8. The van der Waals surface area contributed by atoms with E-state index in [2.05, 4.69) is 17.4 Å². The number of methoxy groups -OCH3 is 1. The number of rotatable bonds is 7. The van der Waals surface area contributed by atoms with Crippen LogP contribution in [0.1, 0.15) is 17.5 Å². The summed E-state index contributed by atoms with van der Waals surface area (Å²) in [5.74, 6) is 0.607. The van der Waals surface area contributed by atoms with Crippen molar-refractivity contribution in [3.05, 3.63) is 35.4 Å². The highest BCUT2D eigenvalue weighted by Gasteiger charge is 2.29. The van der Waals surface area contributed by atoms with Crippen LogP contribution in [-0.4, -0.2) is 50.6 Å². The summed E-state index contributed by atoms with van der Waals surface area (Å²) in [5, 5.41) is 2.62. The average molecular weight is 304 g/mol. The fraction of sp³-hybridized carbons (Fsp3) is 0.529. The Kier molecular flexibility index (Phi) is 5.95. The summed E-state index contributed by atoms with van der Waals surface area (Å²) in [6.07, 6.45) is 1.92. The van der Waals surface area contributed by atoms with E-state index >= 15 is 0 Å². The minimum atomic E-state index is 0.0166. The molecule has 1 N–H and O–H groups in total. The molecule has 0 bridgehead atoms. The zero-order valence-corrected chi connectivity index (χ0v) is 13.3. The summed E-state index contributed by atoms with van der Waals surface area (Å²) >= 11 is 0. The lowest BCUT2D eigenvalue weighted by Gasteiger charge is -2.16. The first kappa shape index (κ1) is 16.5. The molecule has 0 unspecified atom stereocenters. The Hall–Kier alpha value is -1.88. The minimum absolute atomic E-state index is 0.0166. The number of ether oxygens (including phenoxy) is 1. The van der Waals surface area contributed by atoms with Crippen LogP contribution < -0.4 is 5.32 Å². The van der Waals surface area contributed by atoms with Crippen molar-refractivity contribution in [2.24, 2.45) is 5.92 Å². The van der Waals surface area contributed by atoms with Crippen molar-refractivity contribution in [1.29, 1.82) is 0 Å². The third-order valence-corrected chi connectivity index (χ3v) is 4.05. The Morgan fingerprint density at radius 1 is 1.32 bits per heavy atom. The molecule has 5 nitrogen and oxygen atoms in total. The molecular weight excluding hydrogens is 280 g/mol. The molecule has 1 aromatic carbocycles. The topological polar surface area (TPSA) is 58.6 Å². The summed E-state index contributed by atoms with van der Waals surface area (Å²) < 4.78 is 5.03. The van der Waals surface area contributed by atoms with Gasteiger partial charge in [-0.25, -0.2) is 0 Å². The van der Waals surface area contributed by atoms with Crippen LogP contribution in [0.4, 0.5) is 0 Å². The maximum absolute atomic E-state index is 11.9. The van der Waals surface area contributed by atoms with E-state index in [1.54, 1.807) is 14.2 Å². The van der Waals surface area contributed by atoms with Crippen LogP contribution in [-0.2, 0) is 27.2 Å². The Morgan fingerprint density at radius 3 is 2.64 bits per heavy atom. The highest BCUT2D eigenvalue weighted by Crippen LogP contribution is 2.22. The van der Waals surface area contributed by atoms with Crippen molar-refractivity contribution >= 4 is 11.8 Å². The molecule has 2 rings (SSSR count). The van der Waals surface area contributed by atoms with Crippen LogP contribution in [0.5, 0.6) is 0 Å². The number of nitrogens with zero attached hydrogens (tertiary/aromatic N) is 1. The van der Waals surface area contributed by atoms with Gasteiger partial charge < -0.3 is 15.0 Å². The van der Waals surface area contributed by atoms with Crippen molar-refractivity contribution in [2.45, 2.75) is 19.3 Å². The first-order valence-electron chi connectivity index (χ1n) is 7.67. The van der Waals surface area contributed by atoms with E-state index in [0.717, 1.165) is 18.5 Å². The van der Waals surface area contributed by atoms with Gasteiger partial charge in [0.25, 0.3) is 0 Å². The lowest BCUT2D eigenvalue weighted by molar-refractivity contribution is -0.128. The van der Waals surface area contributed by atoms with Gasteiger partial charge in [-0.05, 0) is 23.5 Å². The molecule has 120 valence electrons. The van der Waals surface area contributed by atoms with Gasteiger partial charge >= 0.3 is 0 Å². The van der Waals surface area contributed by atoms with E-state index in [4.69, 9.17) is 4.74 Å². The molecule has 0 aliphatic carbocycles. The third-order valence-electron chi connectivity index (χ3n) is 4.05. The second-order valence-corrected chi connectivity index (χ2v) is 5.77. The summed E-state index contributed by atoms with van der Waals surface area (Å²) in [4.78, 5) is 25.1. The summed E-state index contributed by atoms with van der Waals surface area (Å²) in [5.41, 5.74) is 2.22. The number of nitrogens with one attached hydrogen (secondary N) is 1. The molecule has 0 spiro atoms. The van der Waals surface area contributed by atoms with Gasteiger partial charge in [-0.1, -0.05) is 24.3 Å². The van der Waals surface area contributed by atoms with Crippen LogP contribution >= 0.6 is 0 Å². The molecule has 0 radical (unpaired) electrons. The molecule has 0 saturated carbocycles. The average Bonchev–Trinajstić information content (AvgIpc) is 2.86. The largest absolute Gasteiger partial charge is 0.383 e. The van der Waals surface area contributed by atoms with Gasteiger partial charge in [-0.15, -0.1) is 0 Å². The van der Waals surface area contributed by atoms with E-state index in [1.807, 2.05) is 17.0 Å². The van der Waals surface area contributed by atoms with Crippen LogP contribution in [0.3, 0.4) is 0 Å². The third kappa shape index (κ3) is 4.56. The van der Waals surface area contributed by atoms with Crippen LogP contribution in [0.25, 0.3) is 0 Å². The van der Waals surface area contributed by atoms with E-state index in [1.165, 1.54) is 5.56 Å². The van der Waals surface area contributed by atoms with Crippen LogP contribution in [0.2, 0.25) is 0 Å². The van der Waals surface area contributed by atoms with Gasteiger partial charge in [-0.2, -0.15) is 0 Å². The van der Waals surface area contributed by atoms with Gasteiger partial charge in [0.15, 0.2) is 0 Å². The Morgan fingerprint density at radius 2 is 2.00 bits per heavy atom. The van der Waals surface area contributed by atoms with E-state index < -0.39 is 0 Å². The molecule has 1 fully saturated rings. The molecular formula is C17H24N2O3. The maximum Gasteiger partial charge on any atom is 0.224 e. The van der Waals surface area contributed by atoms with E-state index in [9.17, 15) is 9.59 Å². The Balaban J connectivity index is 1.86. The molecule has 1 aliphatic rings.